The summed E-state index contributed by atoms with van der Waals surface area (Å²) in [7, 11) is 4.09. The minimum atomic E-state index is 0.154. The number of hydrogen-bond acceptors (Lipinski definition) is 3. The Morgan fingerprint density at radius 1 is 1.25 bits per heavy atom. The Bertz CT molecular complexity index is 265. The second kappa shape index (κ2) is 9.35. The van der Waals surface area contributed by atoms with Crippen LogP contribution in [0.3, 0.4) is 0 Å². The molecule has 120 valence electrons. The van der Waals surface area contributed by atoms with Crippen molar-refractivity contribution in [1.82, 2.24) is 10.2 Å². The number of nitrogens with one attached hydrogen (secondary N) is 1. The minimum Gasteiger partial charge on any atom is -0.352 e. The third-order valence-corrected chi connectivity index (χ3v) is 3.56. The van der Waals surface area contributed by atoms with Crippen molar-refractivity contribution >= 4 is 5.91 Å². The fourth-order valence-corrected chi connectivity index (χ4v) is 2.46. The molecule has 1 amide bonds. The van der Waals surface area contributed by atoms with Crippen molar-refractivity contribution in [3.8, 4) is 0 Å². The van der Waals surface area contributed by atoms with Gasteiger partial charge in [-0.05, 0) is 51.2 Å². The van der Waals surface area contributed by atoms with Crippen LogP contribution in [-0.2, 0) is 4.79 Å². The van der Waals surface area contributed by atoms with Gasteiger partial charge in [-0.3, -0.25) is 4.79 Å². The lowest BCUT2D eigenvalue weighted by atomic mass is 9.84. The highest BCUT2D eigenvalue weighted by atomic mass is 16.1. The van der Waals surface area contributed by atoms with E-state index in [0.29, 0.717) is 18.9 Å². The second-order valence-corrected chi connectivity index (χ2v) is 7.36. The molecule has 0 aromatic carbocycles. The van der Waals surface area contributed by atoms with E-state index in [4.69, 9.17) is 5.73 Å². The molecule has 1 unspecified atom stereocenters. The summed E-state index contributed by atoms with van der Waals surface area (Å²) in [5, 5.41) is 3.18. The number of likely N-dealkylation sites (N-methyl/N-ethyl adjacent to an activating group) is 1. The highest BCUT2D eigenvalue weighted by Crippen LogP contribution is 2.25. The van der Waals surface area contributed by atoms with Crippen LogP contribution in [0.25, 0.3) is 0 Å². The molecule has 0 heterocycles. The number of carbonyl (C=O) groups is 1. The standard InChI is InChI=1S/C16H35N3O/c1-13(2)11-14(12-19(5)6)18-15(20)7-8-16(3,4)9-10-17/h13-14H,7-12,17H2,1-6H3,(H,18,20). The van der Waals surface area contributed by atoms with Gasteiger partial charge < -0.3 is 16.0 Å². The summed E-state index contributed by atoms with van der Waals surface area (Å²) in [6.07, 6.45) is 3.48. The van der Waals surface area contributed by atoms with Crippen LogP contribution < -0.4 is 11.1 Å². The molecule has 0 aliphatic carbocycles. The summed E-state index contributed by atoms with van der Waals surface area (Å²) >= 11 is 0. The van der Waals surface area contributed by atoms with Gasteiger partial charge >= 0.3 is 0 Å². The van der Waals surface area contributed by atoms with Crippen molar-refractivity contribution < 1.29 is 4.79 Å². The summed E-state index contributed by atoms with van der Waals surface area (Å²) < 4.78 is 0. The molecule has 0 spiro atoms. The van der Waals surface area contributed by atoms with E-state index in [1.54, 1.807) is 0 Å². The summed E-state index contributed by atoms with van der Waals surface area (Å²) in [6.45, 7) is 10.3. The quantitative estimate of drug-likeness (QED) is 0.647. The Kier molecular flexibility index (Phi) is 9.06. The van der Waals surface area contributed by atoms with Gasteiger partial charge in [0.25, 0.3) is 0 Å². The predicted octanol–water partition coefficient (Wildman–Crippen LogP) is 2.23. The molecular weight excluding hydrogens is 250 g/mol. The van der Waals surface area contributed by atoms with E-state index in [1.807, 2.05) is 14.1 Å². The Balaban J connectivity index is 4.24. The van der Waals surface area contributed by atoms with Crippen molar-refractivity contribution in [2.45, 2.75) is 59.4 Å². The van der Waals surface area contributed by atoms with Crippen LogP contribution in [0.1, 0.15) is 53.4 Å². The van der Waals surface area contributed by atoms with Crippen molar-refractivity contribution in [2.24, 2.45) is 17.1 Å². The van der Waals surface area contributed by atoms with E-state index in [9.17, 15) is 4.79 Å². The van der Waals surface area contributed by atoms with Crippen molar-refractivity contribution in [3.63, 3.8) is 0 Å². The van der Waals surface area contributed by atoms with Crippen molar-refractivity contribution in [1.29, 1.82) is 0 Å². The predicted molar refractivity (Wildman–Crippen MR) is 86.6 cm³/mol. The van der Waals surface area contributed by atoms with Crippen LogP contribution in [0.15, 0.2) is 0 Å². The van der Waals surface area contributed by atoms with E-state index in [1.165, 1.54) is 0 Å². The Hall–Kier alpha value is -0.610. The second-order valence-electron chi connectivity index (χ2n) is 7.36. The molecule has 0 aliphatic heterocycles. The average molecular weight is 285 g/mol. The third-order valence-electron chi connectivity index (χ3n) is 3.56. The molecule has 0 aromatic heterocycles. The van der Waals surface area contributed by atoms with Gasteiger partial charge in [-0.15, -0.1) is 0 Å². The number of amides is 1. The van der Waals surface area contributed by atoms with Crippen LogP contribution in [0.2, 0.25) is 0 Å². The summed E-state index contributed by atoms with van der Waals surface area (Å²) in [5.41, 5.74) is 5.76. The molecule has 20 heavy (non-hydrogen) atoms. The molecule has 0 bridgehead atoms. The fraction of sp³-hybridized carbons (Fsp3) is 0.938. The first kappa shape index (κ1) is 19.4. The topological polar surface area (TPSA) is 58.4 Å². The monoisotopic (exact) mass is 285 g/mol. The molecule has 0 rings (SSSR count). The van der Waals surface area contributed by atoms with Crippen LogP contribution in [0, 0.1) is 11.3 Å². The van der Waals surface area contributed by atoms with Gasteiger partial charge in [-0.25, -0.2) is 0 Å². The molecule has 4 nitrogen and oxygen atoms in total. The normalized spacial score (nSPS) is 13.8. The van der Waals surface area contributed by atoms with Crippen molar-refractivity contribution in [3.05, 3.63) is 0 Å². The zero-order valence-electron chi connectivity index (χ0n) is 14.3. The van der Waals surface area contributed by atoms with Crippen LogP contribution >= 0.6 is 0 Å². The first-order valence-corrected chi connectivity index (χ1v) is 7.80. The maximum atomic E-state index is 12.1. The Morgan fingerprint density at radius 3 is 2.30 bits per heavy atom. The van der Waals surface area contributed by atoms with Gasteiger partial charge in [0.15, 0.2) is 0 Å². The van der Waals surface area contributed by atoms with Gasteiger partial charge in [0.05, 0.1) is 0 Å². The Morgan fingerprint density at radius 2 is 1.85 bits per heavy atom. The number of nitrogens with two attached hydrogens (primary N) is 1. The zero-order valence-corrected chi connectivity index (χ0v) is 14.3. The maximum Gasteiger partial charge on any atom is 0.220 e. The van der Waals surface area contributed by atoms with Crippen LogP contribution in [-0.4, -0.2) is 44.0 Å². The minimum absolute atomic E-state index is 0.154. The number of hydrogen-bond donors (Lipinski definition) is 2. The van der Waals surface area contributed by atoms with E-state index in [2.05, 4.69) is 37.9 Å². The van der Waals surface area contributed by atoms with Gasteiger partial charge in [-0.2, -0.15) is 0 Å². The summed E-state index contributed by atoms with van der Waals surface area (Å²) in [6, 6.07) is 0.245. The lowest BCUT2D eigenvalue weighted by molar-refractivity contribution is -0.122. The number of nitrogens with zero attached hydrogens (tertiary/aromatic N) is 1. The molecule has 0 aliphatic rings. The van der Waals surface area contributed by atoms with Crippen molar-refractivity contribution in [2.75, 3.05) is 27.2 Å². The molecule has 0 saturated heterocycles. The number of carbonyl (C=O) groups excluding carboxylic acids is 1. The molecule has 1 atom stereocenters. The largest absolute Gasteiger partial charge is 0.352 e. The van der Waals surface area contributed by atoms with Gasteiger partial charge in [0.2, 0.25) is 5.91 Å². The fourth-order valence-electron chi connectivity index (χ4n) is 2.46. The molecule has 0 radical (unpaired) electrons. The van der Waals surface area contributed by atoms with E-state index >= 15 is 0 Å². The lowest BCUT2D eigenvalue weighted by Crippen LogP contribution is -2.42. The van der Waals surface area contributed by atoms with E-state index in [0.717, 1.165) is 25.8 Å². The van der Waals surface area contributed by atoms with E-state index < -0.39 is 0 Å². The molecular formula is C16H35N3O. The third kappa shape index (κ3) is 10.2. The number of rotatable bonds is 10. The van der Waals surface area contributed by atoms with Crippen LogP contribution in [0.5, 0.6) is 0 Å². The first-order chi connectivity index (χ1) is 9.16. The molecule has 0 saturated carbocycles. The molecule has 4 heteroatoms. The van der Waals surface area contributed by atoms with Gasteiger partial charge in [0.1, 0.15) is 0 Å². The summed E-state index contributed by atoms with van der Waals surface area (Å²) in [4.78, 5) is 14.2. The van der Waals surface area contributed by atoms with E-state index in [-0.39, 0.29) is 17.4 Å². The van der Waals surface area contributed by atoms with Gasteiger partial charge in [0, 0.05) is 19.0 Å². The SMILES string of the molecule is CC(C)CC(CN(C)C)NC(=O)CCC(C)(C)CCN. The lowest BCUT2D eigenvalue weighted by Gasteiger charge is -2.26. The molecule has 0 fully saturated rings. The highest BCUT2D eigenvalue weighted by molar-refractivity contribution is 5.76. The van der Waals surface area contributed by atoms with Crippen LogP contribution in [0.4, 0.5) is 0 Å². The Labute approximate surface area is 125 Å². The first-order valence-electron chi connectivity index (χ1n) is 7.80. The smallest absolute Gasteiger partial charge is 0.220 e. The highest BCUT2D eigenvalue weighted by Gasteiger charge is 2.20. The average Bonchev–Trinajstić information content (AvgIpc) is 2.24. The van der Waals surface area contributed by atoms with Gasteiger partial charge in [-0.1, -0.05) is 27.7 Å². The maximum absolute atomic E-state index is 12.1. The molecule has 0 aromatic rings. The molecule has 3 N–H and O–H groups in total. The zero-order chi connectivity index (χ0) is 15.8. The summed E-state index contributed by atoms with van der Waals surface area (Å²) in [5.74, 6) is 0.761.